The van der Waals surface area contributed by atoms with Gasteiger partial charge in [0.25, 0.3) is 0 Å². The van der Waals surface area contributed by atoms with Crippen molar-refractivity contribution in [2.75, 3.05) is 5.01 Å². The monoisotopic (exact) mass is 280 g/mol. The number of hydrazine groups is 1. The number of para-hydroxylation sites is 2. The summed E-state index contributed by atoms with van der Waals surface area (Å²) in [5, 5.41) is 2.24. The lowest BCUT2D eigenvalue weighted by Gasteiger charge is -2.36. The van der Waals surface area contributed by atoms with Gasteiger partial charge in [0.2, 0.25) is 0 Å². The van der Waals surface area contributed by atoms with Gasteiger partial charge in [-0.15, -0.1) is 0 Å². The van der Waals surface area contributed by atoms with Crippen LogP contribution in [-0.2, 0) is 0 Å². The standard InChI is InChI=1S/C19H24N2/c1-16-10-8-9-15-19(16)20-21(17-11-4-2-5-12-17)18-13-6-3-7-14-18/h2-7,11-14,16,19-20H,8-10,15H2,1H3/t16-,19+/m0/s1. The number of rotatable bonds is 4. The van der Waals surface area contributed by atoms with Crippen molar-refractivity contribution >= 4 is 11.4 Å². The molecule has 0 amide bonds. The van der Waals surface area contributed by atoms with Crippen LogP contribution in [-0.4, -0.2) is 6.04 Å². The molecule has 0 heterocycles. The third-order valence-corrected chi connectivity index (χ3v) is 4.44. The quantitative estimate of drug-likeness (QED) is 0.801. The van der Waals surface area contributed by atoms with Gasteiger partial charge in [-0.05, 0) is 43.0 Å². The highest BCUT2D eigenvalue weighted by Crippen LogP contribution is 2.28. The summed E-state index contributed by atoms with van der Waals surface area (Å²) in [4.78, 5) is 0. The first-order chi connectivity index (χ1) is 10.3. The number of nitrogens with one attached hydrogen (secondary N) is 1. The fraction of sp³-hybridized carbons (Fsp3) is 0.368. The first-order valence-corrected chi connectivity index (χ1v) is 8.01. The molecule has 1 aliphatic rings. The van der Waals surface area contributed by atoms with E-state index in [1.54, 1.807) is 0 Å². The summed E-state index contributed by atoms with van der Waals surface area (Å²) >= 11 is 0. The van der Waals surface area contributed by atoms with Gasteiger partial charge in [-0.25, -0.2) is 5.43 Å². The molecule has 1 aliphatic carbocycles. The summed E-state index contributed by atoms with van der Waals surface area (Å²) in [5.74, 6) is 0.730. The predicted molar refractivity (Wildman–Crippen MR) is 89.6 cm³/mol. The van der Waals surface area contributed by atoms with Crippen molar-refractivity contribution in [2.24, 2.45) is 5.92 Å². The van der Waals surface area contributed by atoms with E-state index >= 15 is 0 Å². The van der Waals surface area contributed by atoms with Gasteiger partial charge in [0, 0.05) is 6.04 Å². The number of anilines is 2. The summed E-state index contributed by atoms with van der Waals surface area (Å²) in [5.41, 5.74) is 6.16. The van der Waals surface area contributed by atoms with Crippen molar-refractivity contribution < 1.29 is 0 Å². The molecule has 2 aromatic rings. The highest BCUT2D eigenvalue weighted by atomic mass is 15.5. The maximum atomic E-state index is 3.77. The van der Waals surface area contributed by atoms with Crippen LogP contribution < -0.4 is 10.4 Å². The highest BCUT2D eigenvalue weighted by Gasteiger charge is 2.23. The molecule has 0 spiro atoms. The molecule has 21 heavy (non-hydrogen) atoms. The molecule has 1 fully saturated rings. The van der Waals surface area contributed by atoms with Crippen LogP contribution in [0.2, 0.25) is 0 Å². The molecule has 110 valence electrons. The SMILES string of the molecule is C[C@H]1CCCC[C@H]1NN(c1ccccc1)c1ccccc1. The second-order valence-electron chi connectivity index (χ2n) is 6.00. The van der Waals surface area contributed by atoms with Crippen LogP contribution in [0.5, 0.6) is 0 Å². The van der Waals surface area contributed by atoms with E-state index in [2.05, 4.69) is 78.0 Å². The van der Waals surface area contributed by atoms with Crippen LogP contribution in [0, 0.1) is 5.92 Å². The largest absolute Gasteiger partial charge is 0.277 e. The molecule has 2 heteroatoms. The van der Waals surface area contributed by atoms with Gasteiger partial charge in [-0.3, -0.25) is 5.01 Å². The van der Waals surface area contributed by atoms with E-state index in [1.165, 1.54) is 37.1 Å². The molecule has 0 radical (unpaired) electrons. The molecule has 1 N–H and O–H groups in total. The van der Waals surface area contributed by atoms with Crippen molar-refractivity contribution in [3.05, 3.63) is 60.7 Å². The Hall–Kier alpha value is -1.80. The third kappa shape index (κ3) is 3.45. The zero-order chi connectivity index (χ0) is 14.5. The van der Waals surface area contributed by atoms with E-state index in [0.29, 0.717) is 6.04 Å². The van der Waals surface area contributed by atoms with Gasteiger partial charge >= 0.3 is 0 Å². The predicted octanol–water partition coefficient (Wildman–Crippen LogP) is 4.91. The van der Waals surface area contributed by atoms with Crippen LogP contribution in [0.1, 0.15) is 32.6 Å². The summed E-state index contributed by atoms with van der Waals surface area (Å²) in [6.45, 7) is 2.37. The van der Waals surface area contributed by atoms with Gasteiger partial charge in [0.15, 0.2) is 0 Å². The van der Waals surface area contributed by atoms with E-state index in [4.69, 9.17) is 0 Å². The van der Waals surface area contributed by atoms with Crippen LogP contribution >= 0.6 is 0 Å². The van der Waals surface area contributed by atoms with Gasteiger partial charge in [-0.1, -0.05) is 56.2 Å². The molecular formula is C19H24N2. The second kappa shape index (κ2) is 6.77. The normalized spacial score (nSPS) is 22.0. The summed E-state index contributed by atoms with van der Waals surface area (Å²) in [7, 11) is 0. The molecule has 3 rings (SSSR count). The highest BCUT2D eigenvalue weighted by molar-refractivity contribution is 5.61. The molecule has 2 atom stereocenters. The molecule has 0 bridgehead atoms. The van der Waals surface area contributed by atoms with Crippen LogP contribution in [0.15, 0.2) is 60.7 Å². The van der Waals surface area contributed by atoms with E-state index in [9.17, 15) is 0 Å². The van der Waals surface area contributed by atoms with Gasteiger partial charge < -0.3 is 0 Å². The van der Waals surface area contributed by atoms with Crippen molar-refractivity contribution in [3.8, 4) is 0 Å². The van der Waals surface area contributed by atoms with Crippen molar-refractivity contribution in [2.45, 2.75) is 38.6 Å². The Kier molecular flexibility index (Phi) is 4.56. The van der Waals surface area contributed by atoms with Crippen LogP contribution in [0.4, 0.5) is 11.4 Å². The molecule has 1 saturated carbocycles. The van der Waals surface area contributed by atoms with Crippen molar-refractivity contribution in [1.82, 2.24) is 5.43 Å². The number of hydrogen-bond acceptors (Lipinski definition) is 2. The van der Waals surface area contributed by atoms with E-state index in [0.717, 1.165) is 5.92 Å². The average Bonchev–Trinajstić information content (AvgIpc) is 2.56. The third-order valence-electron chi connectivity index (χ3n) is 4.44. The van der Waals surface area contributed by atoms with Gasteiger partial charge in [0.05, 0.1) is 11.4 Å². The Balaban J connectivity index is 1.86. The maximum Gasteiger partial charge on any atom is 0.0577 e. The molecule has 2 aromatic carbocycles. The van der Waals surface area contributed by atoms with Crippen molar-refractivity contribution in [1.29, 1.82) is 0 Å². The molecule has 0 aliphatic heterocycles. The number of hydrogen-bond donors (Lipinski definition) is 1. The minimum Gasteiger partial charge on any atom is -0.277 e. The maximum absolute atomic E-state index is 3.77. The molecule has 0 saturated heterocycles. The minimum absolute atomic E-state index is 0.555. The minimum atomic E-state index is 0.555. The average molecular weight is 280 g/mol. The molecule has 2 nitrogen and oxygen atoms in total. The van der Waals surface area contributed by atoms with E-state index in [-0.39, 0.29) is 0 Å². The van der Waals surface area contributed by atoms with E-state index in [1.807, 2.05) is 0 Å². The molecular weight excluding hydrogens is 256 g/mol. The Morgan fingerprint density at radius 1 is 0.810 bits per heavy atom. The van der Waals surface area contributed by atoms with E-state index < -0.39 is 0 Å². The second-order valence-corrected chi connectivity index (χ2v) is 6.00. The Labute approximate surface area is 127 Å². The Morgan fingerprint density at radius 2 is 1.33 bits per heavy atom. The lowest BCUT2D eigenvalue weighted by Crippen LogP contribution is -2.46. The lowest BCUT2D eigenvalue weighted by molar-refractivity contribution is 0.282. The Bertz CT molecular complexity index is 499. The molecule has 0 unspecified atom stereocenters. The summed E-state index contributed by atoms with van der Waals surface area (Å²) in [6, 6.07) is 21.7. The fourth-order valence-electron chi connectivity index (χ4n) is 3.13. The first-order valence-electron chi connectivity index (χ1n) is 8.01. The van der Waals surface area contributed by atoms with Crippen LogP contribution in [0.25, 0.3) is 0 Å². The summed E-state index contributed by atoms with van der Waals surface area (Å²) < 4.78 is 0. The number of nitrogens with zero attached hydrogens (tertiary/aromatic N) is 1. The van der Waals surface area contributed by atoms with Gasteiger partial charge in [0.1, 0.15) is 0 Å². The topological polar surface area (TPSA) is 15.3 Å². The zero-order valence-corrected chi connectivity index (χ0v) is 12.7. The Morgan fingerprint density at radius 3 is 1.86 bits per heavy atom. The number of benzene rings is 2. The molecule has 0 aromatic heterocycles. The fourth-order valence-corrected chi connectivity index (χ4v) is 3.13. The summed E-state index contributed by atoms with van der Waals surface area (Å²) in [6.07, 6.45) is 5.29. The van der Waals surface area contributed by atoms with Crippen molar-refractivity contribution in [3.63, 3.8) is 0 Å². The van der Waals surface area contributed by atoms with Crippen LogP contribution in [0.3, 0.4) is 0 Å². The lowest BCUT2D eigenvalue weighted by atomic mass is 9.86. The zero-order valence-electron chi connectivity index (χ0n) is 12.7. The van der Waals surface area contributed by atoms with Gasteiger partial charge in [-0.2, -0.15) is 0 Å². The smallest absolute Gasteiger partial charge is 0.0577 e. The first kappa shape index (κ1) is 14.2.